The molecule has 0 unspecified atom stereocenters. The third kappa shape index (κ3) is 4.40. The highest BCUT2D eigenvalue weighted by atomic mass is 35.5. The number of ether oxygens (including phenoxy) is 1. The molecule has 25 heavy (non-hydrogen) atoms. The number of hydrogen-bond donors (Lipinski definition) is 0. The summed E-state index contributed by atoms with van der Waals surface area (Å²) in [4.78, 5) is 17.5. The highest BCUT2D eigenvalue weighted by molar-refractivity contribution is 6.30. The first-order valence-electron chi connectivity index (χ1n) is 8.94. The smallest absolute Gasteiger partial charge is 0.336 e. The zero-order valence-corrected chi connectivity index (χ0v) is 15.5. The fourth-order valence-electron chi connectivity index (χ4n) is 3.09. The molecule has 1 fully saturated rings. The number of carbonyl (C=O) groups is 1. The van der Waals surface area contributed by atoms with Crippen LogP contribution in [-0.4, -0.2) is 27.3 Å². The van der Waals surface area contributed by atoms with Gasteiger partial charge in [-0.25, -0.2) is 0 Å². The van der Waals surface area contributed by atoms with Crippen molar-refractivity contribution in [3.8, 4) is 17.4 Å². The Morgan fingerprint density at radius 2 is 2.08 bits per heavy atom. The van der Waals surface area contributed by atoms with Crippen molar-refractivity contribution >= 4 is 17.5 Å². The fraction of sp³-hybridized carbons (Fsp3) is 0.526. The van der Waals surface area contributed by atoms with Gasteiger partial charge in [-0.3, -0.25) is 4.79 Å². The molecule has 0 saturated heterocycles. The standard InChI is InChI=1S/C19H24ClN3O2/c1-13(2)12-25-19-21-17(15-9-6-10-16(20)11-15)23(22-19)18(24)14-7-4-3-5-8-14/h6,9-11,13-14H,3-5,7-8,12H2,1-2H3. The van der Waals surface area contributed by atoms with E-state index >= 15 is 0 Å². The molecule has 0 spiro atoms. The van der Waals surface area contributed by atoms with Crippen LogP contribution >= 0.6 is 11.6 Å². The number of rotatable bonds is 5. The van der Waals surface area contributed by atoms with Crippen LogP contribution in [0, 0.1) is 11.8 Å². The summed E-state index contributed by atoms with van der Waals surface area (Å²) >= 11 is 6.11. The molecule has 5 nitrogen and oxygen atoms in total. The zero-order chi connectivity index (χ0) is 17.8. The van der Waals surface area contributed by atoms with Crippen LogP contribution in [0.4, 0.5) is 0 Å². The maximum atomic E-state index is 13.0. The minimum absolute atomic E-state index is 0.00146. The van der Waals surface area contributed by atoms with Crippen LogP contribution in [0.2, 0.25) is 5.02 Å². The second kappa shape index (κ2) is 8.00. The quantitative estimate of drug-likeness (QED) is 0.763. The van der Waals surface area contributed by atoms with Crippen molar-refractivity contribution in [2.24, 2.45) is 11.8 Å². The first-order valence-corrected chi connectivity index (χ1v) is 9.32. The molecule has 3 rings (SSSR count). The lowest BCUT2D eigenvalue weighted by atomic mass is 9.88. The highest BCUT2D eigenvalue weighted by Gasteiger charge is 2.27. The van der Waals surface area contributed by atoms with Crippen molar-refractivity contribution in [3.05, 3.63) is 29.3 Å². The van der Waals surface area contributed by atoms with E-state index in [-0.39, 0.29) is 17.8 Å². The number of nitrogens with zero attached hydrogens (tertiary/aromatic N) is 3. The summed E-state index contributed by atoms with van der Waals surface area (Å²) in [5, 5.41) is 4.95. The summed E-state index contributed by atoms with van der Waals surface area (Å²) < 4.78 is 7.06. The molecule has 0 N–H and O–H groups in total. The summed E-state index contributed by atoms with van der Waals surface area (Å²) in [7, 11) is 0. The summed E-state index contributed by atoms with van der Waals surface area (Å²) in [6.45, 7) is 4.63. The second-order valence-corrected chi connectivity index (χ2v) is 7.45. The summed E-state index contributed by atoms with van der Waals surface area (Å²) in [6, 6.07) is 7.56. The molecule has 0 bridgehead atoms. The second-order valence-electron chi connectivity index (χ2n) is 7.02. The third-order valence-electron chi connectivity index (χ3n) is 4.38. The predicted molar refractivity (Wildman–Crippen MR) is 98.0 cm³/mol. The van der Waals surface area contributed by atoms with Crippen LogP contribution in [0.3, 0.4) is 0 Å². The van der Waals surface area contributed by atoms with Crippen LogP contribution in [0.5, 0.6) is 6.01 Å². The molecule has 1 saturated carbocycles. The maximum absolute atomic E-state index is 13.0. The van der Waals surface area contributed by atoms with Crippen LogP contribution in [0.1, 0.15) is 50.7 Å². The molecule has 0 radical (unpaired) electrons. The average Bonchev–Trinajstić information content (AvgIpc) is 3.04. The first kappa shape index (κ1) is 17.9. The van der Waals surface area contributed by atoms with Gasteiger partial charge in [0.2, 0.25) is 0 Å². The molecule has 1 aromatic carbocycles. The Balaban J connectivity index is 1.94. The minimum atomic E-state index is 0.00146. The van der Waals surface area contributed by atoms with Gasteiger partial charge < -0.3 is 4.74 Å². The molecule has 1 aromatic heterocycles. The van der Waals surface area contributed by atoms with Gasteiger partial charge in [0.15, 0.2) is 5.82 Å². The first-order chi connectivity index (χ1) is 12.0. The molecule has 134 valence electrons. The van der Waals surface area contributed by atoms with Crippen molar-refractivity contribution in [2.75, 3.05) is 6.61 Å². The van der Waals surface area contributed by atoms with E-state index in [2.05, 4.69) is 23.9 Å². The molecule has 1 aliphatic rings. The number of halogens is 1. The lowest BCUT2D eigenvalue weighted by Gasteiger charge is -2.20. The van der Waals surface area contributed by atoms with Crippen molar-refractivity contribution in [1.29, 1.82) is 0 Å². The molecular weight excluding hydrogens is 338 g/mol. The predicted octanol–water partition coefficient (Wildman–Crippen LogP) is 4.85. The number of benzene rings is 1. The molecule has 0 amide bonds. The Morgan fingerprint density at radius 3 is 2.76 bits per heavy atom. The molecule has 1 aliphatic carbocycles. The van der Waals surface area contributed by atoms with E-state index in [1.165, 1.54) is 11.1 Å². The van der Waals surface area contributed by atoms with Gasteiger partial charge in [-0.2, -0.15) is 9.67 Å². The van der Waals surface area contributed by atoms with Crippen molar-refractivity contribution in [2.45, 2.75) is 46.0 Å². The Morgan fingerprint density at radius 1 is 1.32 bits per heavy atom. The molecule has 6 heteroatoms. The normalized spacial score (nSPS) is 15.5. The highest BCUT2D eigenvalue weighted by Crippen LogP contribution is 2.28. The Labute approximate surface area is 153 Å². The van der Waals surface area contributed by atoms with Gasteiger partial charge in [-0.15, -0.1) is 5.10 Å². The van der Waals surface area contributed by atoms with Gasteiger partial charge in [0.25, 0.3) is 5.91 Å². The van der Waals surface area contributed by atoms with Crippen LogP contribution in [0.25, 0.3) is 11.4 Å². The lowest BCUT2D eigenvalue weighted by Crippen LogP contribution is -2.25. The largest absolute Gasteiger partial charge is 0.462 e. The molecular formula is C19H24ClN3O2. The van der Waals surface area contributed by atoms with E-state index in [0.717, 1.165) is 31.2 Å². The monoisotopic (exact) mass is 361 g/mol. The Hall–Kier alpha value is -1.88. The van der Waals surface area contributed by atoms with E-state index in [0.29, 0.717) is 23.4 Å². The van der Waals surface area contributed by atoms with E-state index < -0.39 is 0 Å². The van der Waals surface area contributed by atoms with E-state index in [9.17, 15) is 4.79 Å². The van der Waals surface area contributed by atoms with Crippen LogP contribution < -0.4 is 4.74 Å². The van der Waals surface area contributed by atoms with Gasteiger partial charge in [-0.1, -0.05) is 56.8 Å². The topological polar surface area (TPSA) is 57.0 Å². The third-order valence-corrected chi connectivity index (χ3v) is 4.61. The Kier molecular flexibility index (Phi) is 5.74. The van der Waals surface area contributed by atoms with E-state index in [1.807, 2.05) is 12.1 Å². The zero-order valence-electron chi connectivity index (χ0n) is 14.7. The summed E-state index contributed by atoms with van der Waals surface area (Å²) in [5.41, 5.74) is 0.767. The Bertz CT molecular complexity index is 736. The van der Waals surface area contributed by atoms with Gasteiger partial charge in [-0.05, 0) is 30.9 Å². The minimum Gasteiger partial charge on any atom is -0.462 e. The number of hydrogen-bond acceptors (Lipinski definition) is 4. The summed E-state index contributed by atoms with van der Waals surface area (Å²) in [6.07, 6.45) is 5.21. The molecule has 2 aromatic rings. The lowest BCUT2D eigenvalue weighted by molar-refractivity contribution is 0.0784. The SMILES string of the molecule is CC(C)COc1nc(-c2cccc(Cl)c2)n(C(=O)C2CCCCC2)n1. The van der Waals surface area contributed by atoms with Gasteiger partial charge in [0.1, 0.15) is 0 Å². The van der Waals surface area contributed by atoms with Gasteiger partial charge >= 0.3 is 6.01 Å². The molecule has 0 aliphatic heterocycles. The number of carbonyl (C=O) groups excluding carboxylic acids is 1. The fourth-order valence-corrected chi connectivity index (χ4v) is 3.28. The summed E-state index contributed by atoms with van der Waals surface area (Å²) in [5.74, 6) is 0.861. The van der Waals surface area contributed by atoms with E-state index in [4.69, 9.17) is 16.3 Å². The van der Waals surface area contributed by atoms with Gasteiger partial charge in [0.05, 0.1) is 6.61 Å². The molecule has 1 heterocycles. The van der Waals surface area contributed by atoms with Crippen molar-refractivity contribution in [3.63, 3.8) is 0 Å². The average molecular weight is 362 g/mol. The number of aromatic nitrogens is 3. The van der Waals surface area contributed by atoms with Crippen molar-refractivity contribution in [1.82, 2.24) is 14.8 Å². The maximum Gasteiger partial charge on any atom is 0.336 e. The van der Waals surface area contributed by atoms with Crippen LogP contribution in [-0.2, 0) is 0 Å². The molecule has 0 atom stereocenters. The van der Waals surface area contributed by atoms with Crippen molar-refractivity contribution < 1.29 is 9.53 Å². The van der Waals surface area contributed by atoms with E-state index in [1.54, 1.807) is 12.1 Å². The van der Waals surface area contributed by atoms with Crippen LogP contribution in [0.15, 0.2) is 24.3 Å². The van der Waals surface area contributed by atoms with Gasteiger partial charge in [0, 0.05) is 16.5 Å².